The van der Waals surface area contributed by atoms with Gasteiger partial charge in [-0.05, 0) is 48.4 Å². The molecular weight excluding hydrogens is 238 g/mol. The van der Waals surface area contributed by atoms with E-state index in [-0.39, 0.29) is 17.4 Å². The van der Waals surface area contributed by atoms with E-state index in [0.717, 1.165) is 18.6 Å². The highest BCUT2D eigenvalue weighted by Crippen LogP contribution is 2.56. The van der Waals surface area contributed by atoms with Gasteiger partial charge in [0.25, 0.3) is 0 Å². The number of rotatable bonds is 1. The molecule has 1 aromatic rings. The fraction of sp³-hybridized carbons (Fsp3) is 0.562. The second kappa shape index (κ2) is 3.75. The molecule has 100 valence electrons. The topological polar surface area (TPSA) is 38.3 Å². The van der Waals surface area contributed by atoms with Crippen LogP contribution in [0.5, 0.6) is 5.75 Å². The Balaban J connectivity index is 1.93. The summed E-state index contributed by atoms with van der Waals surface area (Å²) in [5.74, 6) is 1.81. The minimum absolute atomic E-state index is 0.0610. The quantitative estimate of drug-likeness (QED) is 0.840. The number of amides is 1. The van der Waals surface area contributed by atoms with Crippen molar-refractivity contribution in [3.63, 3.8) is 0 Å². The van der Waals surface area contributed by atoms with Crippen LogP contribution in [-0.4, -0.2) is 13.0 Å². The molecule has 3 nitrogen and oxygen atoms in total. The van der Waals surface area contributed by atoms with Crippen molar-refractivity contribution in [2.75, 3.05) is 7.11 Å². The smallest absolute Gasteiger partial charge is 0.228 e. The molecule has 0 radical (unpaired) electrons. The molecule has 2 fully saturated rings. The number of ether oxygens (including phenoxy) is 1. The molecular formula is C16H19NO2. The van der Waals surface area contributed by atoms with Gasteiger partial charge < -0.3 is 10.1 Å². The number of fused-ring (bicyclic) bond motifs is 1. The molecule has 3 atom stereocenters. The SMILES string of the molecule is COc1ccc2c(c1)[C@]13CCCC[C@H]1C[C@@H]2C(=O)N3. The van der Waals surface area contributed by atoms with E-state index < -0.39 is 0 Å². The number of piperidine rings is 1. The second-order valence-corrected chi connectivity index (χ2v) is 6.14. The Kier molecular flexibility index (Phi) is 2.23. The third-order valence-electron chi connectivity index (χ3n) is 5.37. The number of methoxy groups -OCH3 is 1. The molecule has 2 aliphatic heterocycles. The average molecular weight is 257 g/mol. The average Bonchev–Trinajstić information content (AvgIpc) is 2.46. The molecule has 1 saturated carbocycles. The van der Waals surface area contributed by atoms with Gasteiger partial charge in [-0.2, -0.15) is 0 Å². The van der Waals surface area contributed by atoms with Gasteiger partial charge in [0.1, 0.15) is 5.75 Å². The molecule has 3 heteroatoms. The highest BCUT2D eigenvalue weighted by Gasteiger charge is 2.55. The molecule has 2 bridgehead atoms. The molecule has 1 amide bonds. The van der Waals surface area contributed by atoms with Crippen LogP contribution in [0.4, 0.5) is 0 Å². The molecule has 0 unspecified atom stereocenters. The van der Waals surface area contributed by atoms with Crippen LogP contribution in [0.3, 0.4) is 0 Å². The van der Waals surface area contributed by atoms with E-state index in [1.165, 1.54) is 30.4 Å². The summed E-state index contributed by atoms with van der Waals surface area (Å²) in [6, 6.07) is 6.24. The van der Waals surface area contributed by atoms with Crippen LogP contribution in [0.25, 0.3) is 0 Å². The second-order valence-electron chi connectivity index (χ2n) is 6.14. The van der Waals surface area contributed by atoms with Crippen molar-refractivity contribution >= 4 is 5.91 Å². The van der Waals surface area contributed by atoms with E-state index in [1.807, 2.05) is 6.07 Å². The summed E-state index contributed by atoms with van der Waals surface area (Å²) in [5.41, 5.74) is 2.46. The van der Waals surface area contributed by atoms with Gasteiger partial charge in [0, 0.05) is 0 Å². The minimum atomic E-state index is -0.103. The van der Waals surface area contributed by atoms with Gasteiger partial charge in [0.05, 0.1) is 18.6 Å². The summed E-state index contributed by atoms with van der Waals surface area (Å²) in [7, 11) is 1.71. The van der Waals surface area contributed by atoms with Crippen LogP contribution in [-0.2, 0) is 10.3 Å². The molecule has 1 N–H and O–H groups in total. The van der Waals surface area contributed by atoms with Crippen molar-refractivity contribution in [2.45, 2.75) is 43.6 Å². The lowest BCUT2D eigenvalue weighted by Gasteiger charge is -2.55. The fourth-order valence-electron chi connectivity index (χ4n) is 4.47. The first-order chi connectivity index (χ1) is 9.24. The summed E-state index contributed by atoms with van der Waals surface area (Å²) in [6.07, 6.45) is 5.86. The van der Waals surface area contributed by atoms with Gasteiger partial charge in [-0.3, -0.25) is 4.79 Å². The largest absolute Gasteiger partial charge is 0.497 e. The van der Waals surface area contributed by atoms with Crippen molar-refractivity contribution in [1.82, 2.24) is 5.32 Å². The van der Waals surface area contributed by atoms with Crippen molar-refractivity contribution in [3.8, 4) is 5.75 Å². The maximum absolute atomic E-state index is 12.3. The zero-order valence-electron chi connectivity index (χ0n) is 11.2. The van der Waals surface area contributed by atoms with Gasteiger partial charge in [-0.15, -0.1) is 0 Å². The summed E-state index contributed by atoms with van der Waals surface area (Å²) in [6.45, 7) is 0. The number of nitrogens with one attached hydrogen (secondary N) is 1. The van der Waals surface area contributed by atoms with E-state index in [0.29, 0.717) is 5.92 Å². The number of hydrogen-bond acceptors (Lipinski definition) is 2. The summed E-state index contributed by atoms with van der Waals surface area (Å²) in [5, 5.41) is 3.34. The number of benzene rings is 1. The number of hydrogen-bond donors (Lipinski definition) is 1. The van der Waals surface area contributed by atoms with Gasteiger partial charge in [0.2, 0.25) is 5.91 Å². The fourth-order valence-corrected chi connectivity index (χ4v) is 4.47. The number of carbonyl (C=O) groups is 1. The van der Waals surface area contributed by atoms with Crippen molar-refractivity contribution < 1.29 is 9.53 Å². The van der Waals surface area contributed by atoms with Gasteiger partial charge in [-0.1, -0.05) is 18.9 Å². The Morgan fingerprint density at radius 1 is 1.37 bits per heavy atom. The van der Waals surface area contributed by atoms with Crippen LogP contribution in [0.15, 0.2) is 18.2 Å². The lowest BCUT2D eigenvalue weighted by molar-refractivity contribution is -0.132. The van der Waals surface area contributed by atoms with Crippen LogP contribution >= 0.6 is 0 Å². The van der Waals surface area contributed by atoms with Crippen molar-refractivity contribution in [2.24, 2.45) is 5.92 Å². The number of carbonyl (C=O) groups excluding carboxylic acids is 1. The lowest BCUT2D eigenvalue weighted by Crippen LogP contribution is -2.62. The summed E-state index contributed by atoms with van der Waals surface area (Å²) in [4.78, 5) is 12.3. The third-order valence-corrected chi connectivity index (χ3v) is 5.37. The predicted octanol–water partition coefficient (Wildman–Crippen LogP) is 2.70. The normalized spacial score (nSPS) is 35.3. The minimum Gasteiger partial charge on any atom is -0.497 e. The van der Waals surface area contributed by atoms with Crippen LogP contribution in [0.2, 0.25) is 0 Å². The molecule has 5 rings (SSSR count). The van der Waals surface area contributed by atoms with Crippen LogP contribution in [0, 0.1) is 5.92 Å². The first-order valence-electron chi connectivity index (χ1n) is 7.25. The highest BCUT2D eigenvalue weighted by atomic mass is 16.5. The van der Waals surface area contributed by atoms with Crippen LogP contribution < -0.4 is 10.1 Å². The molecule has 0 aromatic heterocycles. The standard InChI is InChI=1S/C16H19NO2/c1-19-11-5-6-12-13-8-10-4-2-3-7-16(10,14(12)9-11)17-15(13)18/h5-6,9-10,13H,2-4,7-8H2,1H3,(H,17,18)/t10-,13-,16-/m0/s1. The zero-order chi connectivity index (χ0) is 13.0. The molecule has 2 heterocycles. The molecule has 4 aliphatic rings. The highest BCUT2D eigenvalue weighted by molar-refractivity contribution is 5.88. The lowest BCUT2D eigenvalue weighted by atomic mass is 9.57. The monoisotopic (exact) mass is 257 g/mol. The van der Waals surface area contributed by atoms with E-state index in [2.05, 4.69) is 17.4 Å². The molecule has 1 aromatic carbocycles. The molecule has 2 aliphatic carbocycles. The van der Waals surface area contributed by atoms with Crippen molar-refractivity contribution in [3.05, 3.63) is 29.3 Å². The van der Waals surface area contributed by atoms with E-state index in [9.17, 15) is 4.79 Å². The molecule has 1 spiro atoms. The maximum atomic E-state index is 12.3. The van der Waals surface area contributed by atoms with E-state index in [4.69, 9.17) is 4.74 Å². The zero-order valence-corrected chi connectivity index (χ0v) is 11.2. The Morgan fingerprint density at radius 3 is 3.11 bits per heavy atom. The Labute approximate surface area is 113 Å². The van der Waals surface area contributed by atoms with E-state index in [1.54, 1.807) is 7.11 Å². The molecule has 19 heavy (non-hydrogen) atoms. The Bertz CT molecular complexity index is 554. The predicted molar refractivity (Wildman–Crippen MR) is 72.1 cm³/mol. The third kappa shape index (κ3) is 1.36. The van der Waals surface area contributed by atoms with Gasteiger partial charge in [-0.25, -0.2) is 0 Å². The van der Waals surface area contributed by atoms with Gasteiger partial charge >= 0.3 is 0 Å². The molecule has 1 saturated heterocycles. The van der Waals surface area contributed by atoms with Crippen molar-refractivity contribution in [1.29, 1.82) is 0 Å². The summed E-state index contributed by atoms with van der Waals surface area (Å²) >= 11 is 0. The first kappa shape index (κ1) is 11.3. The Hall–Kier alpha value is -1.51. The maximum Gasteiger partial charge on any atom is 0.228 e. The van der Waals surface area contributed by atoms with Gasteiger partial charge in [0.15, 0.2) is 0 Å². The first-order valence-corrected chi connectivity index (χ1v) is 7.25. The Morgan fingerprint density at radius 2 is 2.26 bits per heavy atom. The van der Waals surface area contributed by atoms with E-state index >= 15 is 0 Å². The van der Waals surface area contributed by atoms with Crippen LogP contribution in [0.1, 0.15) is 49.1 Å². The summed E-state index contributed by atoms with van der Waals surface area (Å²) < 4.78 is 5.38.